The minimum Gasteiger partial charge on any atom is -0.493 e. The Balaban J connectivity index is 1.72. The number of ether oxygens (including phenoxy) is 2. The lowest BCUT2D eigenvalue weighted by Gasteiger charge is -2.17. The van der Waals surface area contributed by atoms with Crippen LogP contribution in [0.4, 0.5) is 4.79 Å². The minimum absolute atomic E-state index is 0.00960. The van der Waals surface area contributed by atoms with E-state index in [4.69, 9.17) is 21.1 Å². The van der Waals surface area contributed by atoms with Crippen LogP contribution in [-0.2, 0) is 11.2 Å². The number of nitrogens with zero attached hydrogens (tertiary/aromatic N) is 1. The van der Waals surface area contributed by atoms with Gasteiger partial charge < -0.3 is 9.47 Å². The molecule has 0 spiro atoms. The molecule has 7 heteroatoms. The van der Waals surface area contributed by atoms with Crippen LogP contribution in [0.25, 0.3) is 6.08 Å². The maximum Gasteiger partial charge on any atom is 0.293 e. The third-order valence-electron chi connectivity index (χ3n) is 5.01. The summed E-state index contributed by atoms with van der Waals surface area (Å²) in [5.41, 5.74) is 1.86. The quantitative estimate of drug-likeness (QED) is 0.418. The second-order valence-corrected chi connectivity index (χ2v) is 8.69. The first kappa shape index (κ1) is 23.2. The van der Waals surface area contributed by atoms with E-state index < -0.39 is 0 Å². The van der Waals surface area contributed by atoms with Crippen LogP contribution in [-0.4, -0.2) is 35.8 Å². The first-order valence-corrected chi connectivity index (χ1v) is 11.5. The fraction of sp³-hybridized carbons (Fsp3) is 0.333. The molecule has 1 aliphatic rings. The smallest absolute Gasteiger partial charge is 0.293 e. The Kier molecular flexibility index (Phi) is 8.04. The molecule has 2 amide bonds. The molecule has 0 unspecified atom stereocenters. The van der Waals surface area contributed by atoms with Crippen molar-refractivity contribution in [1.82, 2.24) is 4.90 Å². The molecule has 1 atom stereocenters. The Labute approximate surface area is 192 Å². The standard InChI is InChI=1S/C24H26ClNO4S/c1-4-16(2)30-22-19(25)13-18(14-20(22)29-3)15-21-23(27)26(24(28)31-21)12-8-11-17-9-6-5-7-10-17/h5-7,9-10,13-16H,4,8,11-12H2,1-3H3/b21-15+/t16-/m1/s1. The molecule has 31 heavy (non-hydrogen) atoms. The molecule has 2 aromatic carbocycles. The zero-order valence-corrected chi connectivity index (χ0v) is 19.5. The van der Waals surface area contributed by atoms with Crippen molar-refractivity contribution in [2.75, 3.05) is 13.7 Å². The van der Waals surface area contributed by atoms with Gasteiger partial charge in [-0.2, -0.15) is 0 Å². The van der Waals surface area contributed by atoms with E-state index in [1.807, 2.05) is 44.2 Å². The SMILES string of the molecule is CC[C@@H](C)Oc1c(Cl)cc(/C=C2/SC(=O)N(CCCc3ccccc3)C2=O)cc1OC. The molecule has 3 rings (SSSR count). The molecule has 0 aromatic heterocycles. The van der Waals surface area contributed by atoms with Gasteiger partial charge in [-0.25, -0.2) is 0 Å². The maximum absolute atomic E-state index is 12.8. The summed E-state index contributed by atoms with van der Waals surface area (Å²) < 4.78 is 11.3. The zero-order chi connectivity index (χ0) is 22.4. The molecule has 1 fully saturated rings. The third kappa shape index (κ3) is 5.83. The Morgan fingerprint density at radius 1 is 1.19 bits per heavy atom. The highest BCUT2D eigenvalue weighted by Gasteiger charge is 2.34. The lowest BCUT2D eigenvalue weighted by atomic mass is 10.1. The maximum atomic E-state index is 12.8. The summed E-state index contributed by atoms with van der Waals surface area (Å²) in [6.45, 7) is 4.37. The molecule has 0 saturated carbocycles. The van der Waals surface area contributed by atoms with E-state index in [1.165, 1.54) is 10.5 Å². The van der Waals surface area contributed by atoms with Crippen LogP contribution in [0.5, 0.6) is 11.5 Å². The van der Waals surface area contributed by atoms with Crippen molar-refractivity contribution in [2.24, 2.45) is 0 Å². The fourth-order valence-corrected chi connectivity index (χ4v) is 4.28. The van der Waals surface area contributed by atoms with Crippen molar-refractivity contribution in [3.05, 3.63) is 63.5 Å². The van der Waals surface area contributed by atoms with Gasteiger partial charge in [0.25, 0.3) is 11.1 Å². The van der Waals surface area contributed by atoms with Crippen LogP contribution in [0.2, 0.25) is 5.02 Å². The Bertz CT molecular complexity index is 977. The molecule has 0 aliphatic carbocycles. The largest absolute Gasteiger partial charge is 0.493 e. The Morgan fingerprint density at radius 3 is 2.61 bits per heavy atom. The van der Waals surface area contributed by atoms with Gasteiger partial charge in [0.15, 0.2) is 11.5 Å². The molecule has 164 valence electrons. The highest BCUT2D eigenvalue weighted by Crippen LogP contribution is 2.39. The first-order chi connectivity index (χ1) is 14.9. The third-order valence-corrected chi connectivity index (χ3v) is 6.20. The van der Waals surface area contributed by atoms with Crippen LogP contribution >= 0.6 is 23.4 Å². The number of benzene rings is 2. The number of imide groups is 1. The van der Waals surface area contributed by atoms with Crippen LogP contribution in [0.1, 0.15) is 37.8 Å². The van der Waals surface area contributed by atoms with Gasteiger partial charge in [0, 0.05) is 6.54 Å². The number of thioether (sulfide) groups is 1. The lowest BCUT2D eigenvalue weighted by Crippen LogP contribution is -2.29. The van der Waals surface area contributed by atoms with E-state index in [2.05, 4.69) is 0 Å². The van der Waals surface area contributed by atoms with Crippen molar-refractivity contribution >= 4 is 40.6 Å². The molecule has 0 radical (unpaired) electrons. The normalized spacial score (nSPS) is 16.1. The van der Waals surface area contributed by atoms with E-state index in [-0.39, 0.29) is 17.3 Å². The minimum atomic E-state index is -0.280. The van der Waals surface area contributed by atoms with Crippen LogP contribution in [0.15, 0.2) is 47.4 Å². The van der Waals surface area contributed by atoms with Crippen molar-refractivity contribution < 1.29 is 19.1 Å². The fourth-order valence-electron chi connectivity index (χ4n) is 3.15. The lowest BCUT2D eigenvalue weighted by molar-refractivity contribution is -0.122. The van der Waals surface area contributed by atoms with Crippen molar-refractivity contribution in [3.8, 4) is 11.5 Å². The zero-order valence-electron chi connectivity index (χ0n) is 17.9. The summed E-state index contributed by atoms with van der Waals surface area (Å²) in [6, 6.07) is 13.5. The van der Waals surface area contributed by atoms with E-state index in [9.17, 15) is 9.59 Å². The number of methoxy groups -OCH3 is 1. The number of aryl methyl sites for hydroxylation is 1. The molecule has 0 N–H and O–H groups in total. The monoisotopic (exact) mass is 459 g/mol. The van der Waals surface area contributed by atoms with Gasteiger partial charge >= 0.3 is 0 Å². The number of hydrogen-bond acceptors (Lipinski definition) is 5. The summed E-state index contributed by atoms with van der Waals surface area (Å²) in [7, 11) is 1.54. The van der Waals surface area contributed by atoms with Crippen molar-refractivity contribution in [3.63, 3.8) is 0 Å². The van der Waals surface area contributed by atoms with Gasteiger partial charge in [-0.3, -0.25) is 14.5 Å². The van der Waals surface area contributed by atoms with Gasteiger partial charge in [0.1, 0.15) is 0 Å². The average molecular weight is 460 g/mol. The van der Waals surface area contributed by atoms with Crippen LogP contribution in [0, 0.1) is 0 Å². The van der Waals surface area contributed by atoms with E-state index >= 15 is 0 Å². The topological polar surface area (TPSA) is 55.8 Å². The van der Waals surface area contributed by atoms with E-state index in [1.54, 1.807) is 25.3 Å². The number of carbonyl (C=O) groups is 2. The second-order valence-electron chi connectivity index (χ2n) is 7.29. The van der Waals surface area contributed by atoms with Crippen LogP contribution < -0.4 is 9.47 Å². The molecule has 2 aromatic rings. The molecule has 1 saturated heterocycles. The summed E-state index contributed by atoms with van der Waals surface area (Å²) in [6.07, 6.45) is 4.02. The first-order valence-electron chi connectivity index (χ1n) is 10.3. The predicted molar refractivity (Wildman–Crippen MR) is 126 cm³/mol. The molecular weight excluding hydrogens is 434 g/mol. The predicted octanol–water partition coefficient (Wildman–Crippen LogP) is 6.20. The molecule has 5 nitrogen and oxygen atoms in total. The average Bonchev–Trinajstić information content (AvgIpc) is 3.03. The van der Waals surface area contributed by atoms with E-state index in [0.717, 1.165) is 31.0 Å². The second kappa shape index (κ2) is 10.7. The number of amides is 2. The number of halogens is 1. The number of carbonyl (C=O) groups excluding carboxylic acids is 2. The van der Waals surface area contributed by atoms with Gasteiger partial charge in [-0.1, -0.05) is 48.9 Å². The number of hydrogen-bond donors (Lipinski definition) is 0. The summed E-state index contributed by atoms with van der Waals surface area (Å²) in [4.78, 5) is 26.8. The highest BCUT2D eigenvalue weighted by molar-refractivity contribution is 8.18. The highest BCUT2D eigenvalue weighted by atomic mass is 35.5. The van der Waals surface area contributed by atoms with Crippen molar-refractivity contribution in [2.45, 2.75) is 39.2 Å². The molecule has 1 aliphatic heterocycles. The van der Waals surface area contributed by atoms with Crippen LogP contribution in [0.3, 0.4) is 0 Å². The van der Waals surface area contributed by atoms with Gasteiger partial charge in [-0.15, -0.1) is 0 Å². The summed E-state index contributed by atoms with van der Waals surface area (Å²) in [5, 5.41) is 0.145. The van der Waals surface area contributed by atoms with Gasteiger partial charge in [0.05, 0.1) is 23.1 Å². The van der Waals surface area contributed by atoms with Crippen molar-refractivity contribution in [1.29, 1.82) is 0 Å². The summed E-state index contributed by atoms with van der Waals surface area (Å²) in [5.74, 6) is 0.684. The molecule has 0 bridgehead atoms. The number of rotatable bonds is 9. The molecular formula is C24H26ClNO4S. The Hall–Kier alpha value is -2.44. The van der Waals surface area contributed by atoms with Gasteiger partial charge in [0.2, 0.25) is 0 Å². The van der Waals surface area contributed by atoms with E-state index in [0.29, 0.717) is 33.5 Å². The summed E-state index contributed by atoms with van der Waals surface area (Å²) >= 11 is 7.36. The van der Waals surface area contributed by atoms with Gasteiger partial charge in [-0.05, 0) is 67.3 Å². The Morgan fingerprint density at radius 2 is 1.94 bits per heavy atom. The molecule has 1 heterocycles.